The molecule has 0 bridgehead atoms. The Morgan fingerprint density at radius 3 is 2.32 bits per heavy atom. The summed E-state index contributed by atoms with van der Waals surface area (Å²) in [6.45, 7) is 6.29. The Labute approximate surface area is 224 Å². The molecule has 1 aliphatic rings. The SMILES string of the molecule is CC(C)(C)OC(=O)N(C/C(=C\c1ccc(C(=O)O)cc1)COc1cccc2ccccc12)C1CCCCC1. The summed E-state index contributed by atoms with van der Waals surface area (Å²) in [6.07, 6.45) is 6.92. The maximum absolute atomic E-state index is 13.4. The van der Waals surface area contributed by atoms with Crippen LogP contribution < -0.4 is 4.74 Å². The monoisotopic (exact) mass is 515 g/mol. The van der Waals surface area contributed by atoms with E-state index in [1.807, 2.05) is 62.1 Å². The van der Waals surface area contributed by atoms with Gasteiger partial charge in [0.1, 0.15) is 18.0 Å². The first kappa shape index (κ1) is 27.2. The first-order valence-electron chi connectivity index (χ1n) is 13.3. The van der Waals surface area contributed by atoms with E-state index in [1.165, 1.54) is 6.42 Å². The van der Waals surface area contributed by atoms with E-state index in [0.717, 1.165) is 53.3 Å². The molecule has 1 saturated carbocycles. The third-order valence-corrected chi connectivity index (χ3v) is 6.71. The smallest absolute Gasteiger partial charge is 0.410 e. The molecule has 0 radical (unpaired) electrons. The molecule has 6 nitrogen and oxygen atoms in total. The number of aromatic carboxylic acids is 1. The van der Waals surface area contributed by atoms with Crippen LogP contribution in [0.15, 0.2) is 72.3 Å². The third-order valence-electron chi connectivity index (χ3n) is 6.71. The van der Waals surface area contributed by atoms with Crippen molar-refractivity contribution in [2.75, 3.05) is 13.2 Å². The average molecular weight is 516 g/mol. The van der Waals surface area contributed by atoms with Crippen molar-refractivity contribution in [2.45, 2.75) is 64.5 Å². The molecule has 200 valence electrons. The molecule has 1 aliphatic carbocycles. The van der Waals surface area contributed by atoms with E-state index in [2.05, 4.69) is 12.1 Å². The maximum Gasteiger partial charge on any atom is 0.410 e. The Morgan fingerprint density at radius 1 is 0.947 bits per heavy atom. The van der Waals surface area contributed by atoms with Gasteiger partial charge in [-0.2, -0.15) is 0 Å². The second-order valence-electron chi connectivity index (χ2n) is 10.9. The molecule has 0 atom stereocenters. The molecule has 0 aliphatic heterocycles. The molecule has 0 aromatic heterocycles. The van der Waals surface area contributed by atoms with Gasteiger partial charge in [0.15, 0.2) is 0 Å². The minimum Gasteiger partial charge on any atom is -0.489 e. The fourth-order valence-electron chi connectivity index (χ4n) is 4.86. The molecule has 1 amide bonds. The summed E-state index contributed by atoms with van der Waals surface area (Å²) in [5.74, 6) is -0.190. The molecule has 1 fully saturated rings. The van der Waals surface area contributed by atoms with Crippen molar-refractivity contribution in [2.24, 2.45) is 0 Å². The quantitative estimate of drug-likeness (QED) is 0.335. The van der Waals surface area contributed by atoms with Crippen molar-refractivity contribution in [1.82, 2.24) is 4.90 Å². The van der Waals surface area contributed by atoms with E-state index in [1.54, 1.807) is 24.3 Å². The Bertz CT molecular complexity index is 1280. The van der Waals surface area contributed by atoms with Crippen molar-refractivity contribution < 1.29 is 24.2 Å². The van der Waals surface area contributed by atoms with Gasteiger partial charge in [-0.05, 0) is 68.3 Å². The number of benzene rings is 3. The van der Waals surface area contributed by atoms with Gasteiger partial charge in [0.25, 0.3) is 0 Å². The minimum absolute atomic E-state index is 0.106. The molecule has 0 unspecified atom stereocenters. The fraction of sp³-hybridized carbons (Fsp3) is 0.375. The summed E-state index contributed by atoms with van der Waals surface area (Å²) in [5.41, 5.74) is 1.38. The number of fused-ring (bicyclic) bond motifs is 1. The molecular weight excluding hydrogens is 478 g/mol. The highest BCUT2D eigenvalue weighted by atomic mass is 16.6. The first-order chi connectivity index (χ1) is 18.2. The number of carbonyl (C=O) groups is 2. The summed E-state index contributed by atoms with van der Waals surface area (Å²) < 4.78 is 12.2. The number of nitrogens with zero attached hydrogens (tertiary/aromatic N) is 1. The molecule has 1 N–H and O–H groups in total. The van der Waals surface area contributed by atoms with Crippen molar-refractivity contribution in [3.8, 4) is 5.75 Å². The van der Waals surface area contributed by atoms with Gasteiger partial charge in [0.05, 0.1) is 5.56 Å². The van der Waals surface area contributed by atoms with Gasteiger partial charge in [0.2, 0.25) is 0 Å². The molecule has 6 heteroatoms. The summed E-state index contributed by atoms with van der Waals surface area (Å²) in [4.78, 5) is 26.6. The normalized spacial score (nSPS) is 14.8. The number of carboxylic acids is 1. The Hall–Kier alpha value is -3.80. The van der Waals surface area contributed by atoms with Crippen LogP contribution in [0.3, 0.4) is 0 Å². The summed E-state index contributed by atoms with van der Waals surface area (Å²) >= 11 is 0. The third kappa shape index (κ3) is 7.37. The van der Waals surface area contributed by atoms with Gasteiger partial charge in [-0.15, -0.1) is 0 Å². The van der Waals surface area contributed by atoms with Crippen LogP contribution in [0.4, 0.5) is 4.79 Å². The van der Waals surface area contributed by atoms with Crippen molar-refractivity contribution >= 4 is 28.9 Å². The molecule has 3 aromatic carbocycles. The lowest BCUT2D eigenvalue weighted by Crippen LogP contribution is -2.45. The summed E-state index contributed by atoms with van der Waals surface area (Å²) in [5, 5.41) is 11.4. The molecule has 0 saturated heterocycles. The molecule has 3 aromatic rings. The van der Waals surface area contributed by atoms with Gasteiger partial charge in [-0.3, -0.25) is 0 Å². The number of hydrogen-bond donors (Lipinski definition) is 1. The summed E-state index contributed by atoms with van der Waals surface area (Å²) in [6, 6.07) is 20.9. The van der Waals surface area contributed by atoms with Crippen molar-refractivity contribution in [3.63, 3.8) is 0 Å². The highest BCUT2D eigenvalue weighted by Gasteiger charge is 2.30. The first-order valence-corrected chi connectivity index (χ1v) is 13.3. The Kier molecular flexibility index (Phi) is 8.72. The maximum atomic E-state index is 13.4. The zero-order valence-corrected chi connectivity index (χ0v) is 22.5. The lowest BCUT2D eigenvalue weighted by Gasteiger charge is -2.36. The van der Waals surface area contributed by atoms with Crippen LogP contribution in [-0.2, 0) is 4.74 Å². The van der Waals surface area contributed by atoms with E-state index in [4.69, 9.17) is 9.47 Å². The van der Waals surface area contributed by atoms with Crippen LogP contribution in [0.1, 0.15) is 68.8 Å². The minimum atomic E-state index is -0.964. The highest BCUT2D eigenvalue weighted by molar-refractivity contribution is 5.88. The van der Waals surface area contributed by atoms with Crippen molar-refractivity contribution in [3.05, 3.63) is 83.4 Å². The van der Waals surface area contributed by atoms with E-state index >= 15 is 0 Å². The second kappa shape index (κ2) is 12.2. The number of carboxylic acid groups (broad SMARTS) is 1. The number of ether oxygens (including phenoxy) is 2. The molecule has 0 spiro atoms. The van der Waals surface area contributed by atoms with Crippen LogP contribution in [0, 0.1) is 0 Å². The van der Waals surface area contributed by atoms with E-state index in [9.17, 15) is 14.7 Å². The van der Waals surface area contributed by atoms with E-state index in [0.29, 0.717) is 6.54 Å². The molecule has 4 rings (SSSR count). The van der Waals surface area contributed by atoms with Gasteiger partial charge in [0, 0.05) is 18.0 Å². The molecule has 38 heavy (non-hydrogen) atoms. The molecular formula is C32H37NO5. The Morgan fingerprint density at radius 2 is 1.63 bits per heavy atom. The topological polar surface area (TPSA) is 76.1 Å². The van der Waals surface area contributed by atoms with Crippen LogP contribution >= 0.6 is 0 Å². The number of carbonyl (C=O) groups excluding carboxylic acids is 1. The molecule has 0 heterocycles. The van der Waals surface area contributed by atoms with Gasteiger partial charge < -0.3 is 19.5 Å². The summed E-state index contributed by atoms with van der Waals surface area (Å²) in [7, 11) is 0. The lowest BCUT2D eigenvalue weighted by molar-refractivity contribution is 0.0141. The highest BCUT2D eigenvalue weighted by Crippen LogP contribution is 2.28. The standard InChI is InChI=1S/C32H37NO5/c1-32(2,3)38-31(36)33(27-12-5-4-6-13-27)21-24(20-23-16-18-26(19-17-23)30(34)35)22-37-29-15-9-11-25-10-7-8-14-28(25)29/h7-11,14-20,27H,4-6,12-13,21-22H2,1-3H3,(H,34,35)/b24-20+. The van der Waals surface area contributed by atoms with Gasteiger partial charge >= 0.3 is 12.1 Å². The van der Waals surface area contributed by atoms with E-state index < -0.39 is 11.6 Å². The Balaban J connectivity index is 1.64. The second-order valence-corrected chi connectivity index (χ2v) is 10.9. The fourth-order valence-corrected chi connectivity index (χ4v) is 4.86. The largest absolute Gasteiger partial charge is 0.489 e. The number of amides is 1. The number of rotatable bonds is 8. The zero-order valence-electron chi connectivity index (χ0n) is 22.5. The zero-order chi connectivity index (χ0) is 27.1. The predicted molar refractivity (Wildman–Crippen MR) is 151 cm³/mol. The number of hydrogen-bond acceptors (Lipinski definition) is 4. The van der Waals surface area contributed by atoms with E-state index in [-0.39, 0.29) is 24.3 Å². The van der Waals surface area contributed by atoms with Crippen LogP contribution in [0.5, 0.6) is 5.75 Å². The van der Waals surface area contributed by atoms with Crippen molar-refractivity contribution in [1.29, 1.82) is 0 Å². The van der Waals surface area contributed by atoms with Crippen LogP contribution in [0.25, 0.3) is 16.8 Å². The predicted octanol–water partition coefficient (Wildman–Crippen LogP) is 7.57. The van der Waals surface area contributed by atoms with Crippen LogP contribution in [-0.4, -0.2) is 46.9 Å². The lowest BCUT2D eigenvalue weighted by atomic mass is 9.94. The average Bonchev–Trinajstić information content (AvgIpc) is 2.90. The van der Waals surface area contributed by atoms with Gasteiger partial charge in [-0.1, -0.05) is 73.9 Å². The van der Waals surface area contributed by atoms with Crippen LogP contribution in [0.2, 0.25) is 0 Å². The van der Waals surface area contributed by atoms with Gasteiger partial charge in [-0.25, -0.2) is 9.59 Å².